The molecule has 2 fully saturated rings. The molecule has 0 saturated carbocycles. The molecular formula is C31H30Br2N6O6S. The number of carbonyl (C=O) groups is 3. The van der Waals surface area contributed by atoms with Crippen LogP contribution in [-0.2, 0) is 32.7 Å². The van der Waals surface area contributed by atoms with Gasteiger partial charge in [0.15, 0.2) is 6.10 Å². The van der Waals surface area contributed by atoms with Crippen LogP contribution in [0, 0.1) is 0 Å². The van der Waals surface area contributed by atoms with E-state index < -0.39 is 28.4 Å². The van der Waals surface area contributed by atoms with Crippen molar-refractivity contribution >= 4 is 77.6 Å². The van der Waals surface area contributed by atoms with Crippen molar-refractivity contribution in [2.45, 2.75) is 37.8 Å². The zero-order valence-electron chi connectivity index (χ0n) is 24.4. The number of urea groups is 1. The van der Waals surface area contributed by atoms with E-state index in [2.05, 4.69) is 74.5 Å². The van der Waals surface area contributed by atoms with Gasteiger partial charge >= 0.3 is 12.1 Å². The summed E-state index contributed by atoms with van der Waals surface area (Å²) in [6, 6.07) is 10.8. The van der Waals surface area contributed by atoms with Gasteiger partial charge in [-0.25, -0.2) is 18.5 Å². The minimum absolute atomic E-state index is 0.00704. The van der Waals surface area contributed by atoms with E-state index in [0.29, 0.717) is 52.9 Å². The highest BCUT2D eigenvalue weighted by Crippen LogP contribution is 2.34. The van der Waals surface area contributed by atoms with Crippen LogP contribution in [0.5, 0.6) is 5.75 Å². The number of thiol groups is 1. The fraction of sp³-hybridized carbons (Fsp3) is 0.323. The van der Waals surface area contributed by atoms with Gasteiger partial charge in [0.2, 0.25) is 0 Å². The van der Waals surface area contributed by atoms with Crippen molar-refractivity contribution in [3.63, 3.8) is 0 Å². The number of anilines is 1. The first-order chi connectivity index (χ1) is 22.1. The highest BCUT2D eigenvalue weighted by molar-refractivity contribution is 9.11. The Hall–Kier alpha value is -4.02. The number of aliphatic imine (C=N–C) groups is 1. The van der Waals surface area contributed by atoms with E-state index in [0.717, 1.165) is 17.7 Å². The number of carbonyl (C=O) groups excluding carboxylic acids is 3. The number of likely N-dealkylation sites (tertiary alicyclic amines) is 1. The first-order valence-electron chi connectivity index (χ1n) is 14.4. The number of aromatic hydroxyl groups is 1. The monoisotopic (exact) mass is 772 g/mol. The van der Waals surface area contributed by atoms with Crippen LogP contribution in [-0.4, -0.2) is 86.5 Å². The number of amides is 4. The molecule has 0 bridgehead atoms. The number of ether oxygens (including phenoxy) is 1. The Kier molecular flexibility index (Phi) is 10.9. The molecule has 0 aromatic heterocycles. The number of nitrogens with one attached hydrogen (secondary N) is 2. The zero-order chi connectivity index (χ0) is 32.7. The number of hydrogen-bond donors (Lipinski definition) is 4. The first kappa shape index (κ1) is 33.3. The normalized spacial score (nSPS) is 18.0. The summed E-state index contributed by atoms with van der Waals surface area (Å²) in [6.45, 7) is 1.27. The summed E-state index contributed by atoms with van der Waals surface area (Å²) >= 11 is 6.56. The molecule has 0 aliphatic carbocycles. The second-order valence-corrected chi connectivity index (χ2v) is 14.6. The fourth-order valence-electron chi connectivity index (χ4n) is 4.98. The first-order valence-corrected chi connectivity index (χ1v) is 17.8. The lowest BCUT2D eigenvalue weighted by Gasteiger charge is -2.37. The number of nitrogens with zero attached hydrogens (tertiary/aromatic N) is 4. The fourth-order valence-corrected chi connectivity index (χ4v) is 7.11. The van der Waals surface area contributed by atoms with Gasteiger partial charge in [-0.15, -0.1) is 4.40 Å². The highest BCUT2D eigenvalue weighted by atomic mass is 79.9. The minimum atomic E-state index is -2.60. The van der Waals surface area contributed by atoms with Crippen molar-refractivity contribution in [2.75, 3.05) is 30.8 Å². The quantitative estimate of drug-likeness (QED) is 0.108. The maximum Gasteiger partial charge on any atom is 0.410 e. The zero-order valence-corrected chi connectivity index (χ0v) is 28.5. The maximum atomic E-state index is 13.3. The SMILES string of the molecule is O=C(N=C=C=CC=C=C=N[SH]1(=O)CN1)[C@@H](Cc1cc(Br)c(O)c(Br)c1)OC(=O)N1CCC(N2CCc3ccccc3NC2=O)CC1. The molecule has 5 rings (SSSR count). The standard InChI is InChI=1S/C31H30Br2N6O6S/c32-24-17-21(18-25(33)28(24)40)19-27(29(41)34-12-5-1-2-6-13-35-46(44)20-36-46)45-31(43)38-14-10-23(11-15-38)39-16-9-22-7-3-4-8-26(22)37-30(39)42/h1-4,7-8,17-18,23,27,40,46H,9-11,14-16,19-20H2,(H,36,44)(H,37,42)/t27-/m1/s1. The van der Waals surface area contributed by atoms with Crippen LogP contribution < -0.4 is 10.0 Å². The van der Waals surface area contributed by atoms with Crippen LogP contribution in [0.15, 0.2) is 78.3 Å². The molecule has 0 spiro atoms. The summed E-state index contributed by atoms with van der Waals surface area (Å²) < 4.78 is 24.4. The van der Waals surface area contributed by atoms with Gasteiger partial charge in [0.05, 0.1) is 14.8 Å². The van der Waals surface area contributed by atoms with E-state index in [1.54, 1.807) is 12.1 Å². The molecule has 2 saturated heterocycles. The van der Waals surface area contributed by atoms with Crippen LogP contribution in [0.3, 0.4) is 0 Å². The Bertz CT molecular complexity index is 1770. The average molecular weight is 774 g/mol. The van der Waals surface area contributed by atoms with E-state index in [1.165, 1.54) is 17.1 Å². The molecule has 0 unspecified atom stereocenters. The Morgan fingerprint density at radius 1 is 1.11 bits per heavy atom. The summed E-state index contributed by atoms with van der Waals surface area (Å²) in [6.07, 6.45) is 2.61. The molecule has 2 aromatic carbocycles. The van der Waals surface area contributed by atoms with Gasteiger partial charge < -0.3 is 25.0 Å². The number of halogens is 2. The van der Waals surface area contributed by atoms with Crippen LogP contribution >= 0.6 is 31.9 Å². The molecule has 4 amide bonds. The molecule has 46 heavy (non-hydrogen) atoms. The molecule has 2 aromatic rings. The summed E-state index contributed by atoms with van der Waals surface area (Å²) in [5.74, 6) is 4.38. The van der Waals surface area contributed by atoms with Crippen LogP contribution in [0.2, 0.25) is 0 Å². The van der Waals surface area contributed by atoms with Crippen LogP contribution in [0.4, 0.5) is 15.3 Å². The van der Waals surface area contributed by atoms with Crippen molar-refractivity contribution in [3.05, 3.63) is 80.1 Å². The highest BCUT2D eigenvalue weighted by Gasteiger charge is 2.33. The average Bonchev–Trinajstić information content (AvgIpc) is 3.81. The lowest BCUT2D eigenvalue weighted by molar-refractivity contribution is -0.126. The molecular weight excluding hydrogens is 744 g/mol. The van der Waals surface area contributed by atoms with Gasteiger partial charge in [-0.3, -0.25) is 4.79 Å². The largest absolute Gasteiger partial charge is 0.506 e. The third kappa shape index (κ3) is 8.82. The molecule has 3 aliphatic rings. The Morgan fingerprint density at radius 3 is 2.48 bits per heavy atom. The molecule has 3 heterocycles. The van der Waals surface area contributed by atoms with Crippen molar-refractivity contribution in [3.8, 4) is 5.75 Å². The van der Waals surface area contributed by atoms with E-state index in [4.69, 9.17) is 4.74 Å². The second-order valence-electron chi connectivity index (χ2n) is 10.6. The van der Waals surface area contributed by atoms with Gasteiger partial charge in [-0.2, -0.15) is 4.99 Å². The molecule has 12 nitrogen and oxygen atoms in total. The second kappa shape index (κ2) is 15.0. The minimum Gasteiger partial charge on any atom is -0.506 e. The Balaban J connectivity index is 1.24. The predicted octanol–water partition coefficient (Wildman–Crippen LogP) is 4.22. The number of fused-ring (bicyclic) bond motifs is 1. The van der Waals surface area contributed by atoms with Gasteiger partial charge in [-0.05, 0) is 104 Å². The number of allylic oxidation sites excluding steroid dienone is 2. The number of benzene rings is 2. The van der Waals surface area contributed by atoms with E-state index in [9.17, 15) is 23.7 Å². The number of phenolic OH excluding ortho intramolecular Hbond substituents is 1. The lowest BCUT2D eigenvalue weighted by Crippen LogP contribution is -2.50. The van der Waals surface area contributed by atoms with Gasteiger partial charge in [-0.1, -0.05) is 18.2 Å². The van der Waals surface area contributed by atoms with E-state index >= 15 is 0 Å². The summed E-state index contributed by atoms with van der Waals surface area (Å²) in [5.41, 5.74) is 7.62. The number of para-hydroxylation sites is 1. The van der Waals surface area contributed by atoms with Crippen LogP contribution in [0.1, 0.15) is 24.0 Å². The molecule has 15 heteroatoms. The van der Waals surface area contributed by atoms with Crippen molar-refractivity contribution in [1.29, 1.82) is 0 Å². The Labute approximate surface area is 283 Å². The number of phenols is 1. The third-order valence-corrected chi connectivity index (χ3v) is 10.00. The maximum absolute atomic E-state index is 13.3. The summed E-state index contributed by atoms with van der Waals surface area (Å²) in [5, 5.41) is 13.1. The van der Waals surface area contributed by atoms with E-state index in [1.807, 2.05) is 29.2 Å². The topological polar surface area (TPSA) is 163 Å². The summed E-state index contributed by atoms with van der Waals surface area (Å²) in [4.78, 5) is 46.4. The molecule has 3 aliphatic heterocycles. The van der Waals surface area contributed by atoms with Gasteiger partial charge in [0, 0.05) is 59.8 Å². The predicted molar refractivity (Wildman–Crippen MR) is 182 cm³/mol. The van der Waals surface area contributed by atoms with Crippen molar-refractivity contribution in [2.24, 2.45) is 9.39 Å². The molecule has 240 valence electrons. The third-order valence-electron chi connectivity index (χ3n) is 7.51. The van der Waals surface area contributed by atoms with E-state index in [-0.39, 0.29) is 24.2 Å². The molecule has 0 radical (unpaired) electrons. The van der Waals surface area contributed by atoms with Crippen molar-refractivity contribution < 1.29 is 28.4 Å². The van der Waals surface area contributed by atoms with Crippen LogP contribution in [0.25, 0.3) is 0 Å². The summed E-state index contributed by atoms with van der Waals surface area (Å²) in [7, 11) is -2.60. The molecule has 1 atom stereocenters. The molecule has 3 N–H and O–H groups in total. The smallest absolute Gasteiger partial charge is 0.410 e. The number of piperidine rings is 1. The number of hydrogen-bond acceptors (Lipinski definition) is 6. The van der Waals surface area contributed by atoms with Gasteiger partial charge in [0.25, 0.3) is 5.91 Å². The van der Waals surface area contributed by atoms with Crippen molar-refractivity contribution in [1.82, 2.24) is 14.5 Å². The Morgan fingerprint density at radius 2 is 1.78 bits per heavy atom. The van der Waals surface area contributed by atoms with Gasteiger partial charge in [0.1, 0.15) is 5.75 Å². The lowest BCUT2D eigenvalue weighted by atomic mass is 10.0. The number of rotatable bonds is 7.